The van der Waals surface area contributed by atoms with Crippen LogP contribution in [0.25, 0.3) is 11.1 Å². The standard InChI is InChI=1S/C24H21FN4O3/c1-14-6-7-16(18-8-9-27-29(2)24(18)32)11-21(14)28-23(31)20-13-26-22(30)12-19(20)15-4-3-5-17(25)10-15/h3-11,13,19H,12H2,1-2H3,(H,26,30)(H,28,31). The first-order valence-corrected chi connectivity index (χ1v) is 10.0. The monoisotopic (exact) mass is 432 g/mol. The maximum absolute atomic E-state index is 13.8. The van der Waals surface area contributed by atoms with Crippen LogP contribution in [-0.2, 0) is 16.6 Å². The summed E-state index contributed by atoms with van der Waals surface area (Å²) in [5.41, 5.74) is 3.04. The van der Waals surface area contributed by atoms with Gasteiger partial charge in [0, 0.05) is 43.0 Å². The molecule has 0 spiro atoms. The SMILES string of the molecule is Cc1ccc(-c2ccnn(C)c2=O)cc1NC(=O)C1=CNC(=O)CC1c1cccc(F)c1. The molecule has 8 heteroatoms. The van der Waals surface area contributed by atoms with Gasteiger partial charge in [-0.1, -0.05) is 24.3 Å². The van der Waals surface area contributed by atoms with Crippen molar-refractivity contribution in [1.82, 2.24) is 15.1 Å². The summed E-state index contributed by atoms with van der Waals surface area (Å²) in [5, 5.41) is 9.38. The van der Waals surface area contributed by atoms with E-state index in [1.54, 1.807) is 37.4 Å². The molecule has 0 saturated heterocycles. The van der Waals surface area contributed by atoms with Gasteiger partial charge in [-0.3, -0.25) is 14.4 Å². The summed E-state index contributed by atoms with van der Waals surface area (Å²) in [7, 11) is 1.57. The fourth-order valence-corrected chi connectivity index (χ4v) is 3.70. The maximum atomic E-state index is 13.8. The number of rotatable bonds is 4. The quantitative estimate of drug-likeness (QED) is 0.663. The smallest absolute Gasteiger partial charge is 0.274 e. The normalized spacial score (nSPS) is 15.7. The van der Waals surface area contributed by atoms with E-state index in [1.807, 2.05) is 13.0 Å². The molecule has 0 saturated carbocycles. The molecule has 7 nitrogen and oxygen atoms in total. The van der Waals surface area contributed by atoms with Gasteiger partial charge in [0.05, 0.1) is 5.56 Å². The molecule has 2 N–H and O–H groups in total. The minimum atomic E-state index is -0.574. The Balaban J connectivity index is 1.66. The number of carbonyl (C=O) groups is 2. The largest absolute Gasteiger partial charge is 0.332 e. The zero-order valence-electron chi connectivity index (χ0n) is 17.6. The van der Waals surface area contributed by atoms with Crippen molar-refractivity contribution in [3.63, 3.8) is 0 Å². The number of benzene rings is 2. The van der Waals surface area contributed by atoms with E-state index >= 15 is 0 Å². The number of halogens is 1. The number of hydrogen-bond donors (Lipinski definition) is 2. The van der Waals surface area contributed by atoms with Crippen molar-refractivity contribution in [2.75, 3.05) is 5.32 Å². The Bertz CT molecular complexity index is 1310. The predicted molar refractivity (Wildman–Crippen MR) is 118 cm³/mol. The molecule has 1 aromatic heterocycles. The number of nitrogens with zero attached hydrogens (tertiary/aromatic N) is 2. The lowest BCUT2D eigenvalue weighted by molar-refractivity contribution is -0.121. The van der Waals surface area contributed by atoms with Crippen LogP contribution in [0.4, 0.5) is 10.1 Å². The van der Waals surface area contributed by atoms with Crippen LogP contribution in [-0.4, -0.2) is 21.6 Å². The first-order valence-electron chi connectivity index (χ1n) is 10.0. The van der Waals surface area contributed by atoms with Gasteiger partial charge in [-0.15, -0.1) is 0 Å². The van der Waals surface area contributed by atoms with Gasteiger partial charge in [0.1, 0.15) is 5.82 Å². The first kappa shape index (κ1) is 21.2. The average molecular weight is 432 g/mol. The summed E-state index contributed by atoms with van der Waals surface area (Å²) in [6.45, 7) is 1.84. The van der Waals surface area contributed by atoms with E-state index in [2.05, 4.69) is 15.7 Å². The molecule has 162 valence electrons. The molecule has 2 aromatic carbocycles. The van der Waals surface area contributed by atoms with E-state index in [9.17, 15) is 18.8 Å². The van der Waals surface area contributed by atoms with Crippen LogP contribution in [0.1, 0.15) is 23.5 Å². The molecule has 2 heterocycles. The van der Waals surface area contributed by atoms with Crippen LogP contribution in [0, 0.1) is 12.7 Å². The van der Waals surface area contributed by atoms with Crippen LogP contribution in [0.2, 0.25) is 0 Å². The predicted octanol–water partition coefficient (Wildman–Crippen LogP) is 3.02. The summed E-state index contributed by atoms with van der Waals surface area (Å²) in [5.74, 6) is -1.67. The highest BCUT2D eigenvalue weighted by Crippen LogP contribution is 2.32. The Hall–Kier alpha value is -4.07. The molecule has 0 aliphatic carbocycles. The van der Waals surface area contributed by atoms with Gasteiger partial charge in [0.2, 0.25) is 5.91 Å². The number of aryl methyl sites for hydroxylation is 2. The number of nitrogens with one attached hydrogen (secondary N) is 2. The fourth-order valence-electron chi connectivity index (χ4n) is 3.70. The maximum Gasteiger partial charge on any atom is 0.274 e. The highest BCUT2D eigenvalue weighted by atomic mass is 19.1. The molecule has 32 heavy (non-hydrogen) atoms. The minimum Gasteiger partial charge on any atom is -0.332 e. The molecule has 0 fully saturated rings. The molecule has 1 unspecified atom stereocenters. The van der Waals surface area contributed by atoms with E-state index < -0.39 is 17.6 Å². The zero-order valence-corrected chi connectivity index (χ0v) is 17.6. The van der Waals surface area contributed by atoms with Gasteiger partial charge < -0.3 is 10.6 Å². The summed E-state index contributed by atoms with van der Waals surface area (Å²) < 4.78 is 15.0. The number of aromatic nitrogens is 2. The summed E-state index contributed by atoms with van der Waals surface area (Å²) in [6, 6.07) is 12.8. The van der Waals surface area contributed by atoms with Crippen molar-refractivity contribution in [2.24, 2.45) is 7.05 Å². The first-order chi connectivity index (χ1) is 15.3. The van der Waals surface area contributed by atoms with Gasteiger partial charge in [-0.2, -0.15) is 5.10 Å². The van der Waals surface area contributed by atoms with Gasteiger partial charge in [-0.25, -0.2) is 9.07 Å². The van der Waals surface area contributed by atoms with Gasteiger partial charge in [0.25, 0.3) is 11.5 Å². The highest BCUT2D eigenvalue weighted by Gasteiger charge is 2.29. The van der Waals surface area contributed by atoms with Crippen LogP contribution in [0.3, 0.4) is 0 Å². The number of anilines is 1. The Morgan fingerprint density at radius 2 is 2.00 bits per heavy atom. The van der Waals surface area contributed by atoms with Gasteiger partial charge in [0.15, 0.2) is 0 Å². The molecule has 2 amide bonds. The van der Waals surface area contributed by atoms with E-state index in [1.165, 1.54) is 29.2 Å². The zero-order chi connectivity index (χ0) is 22.8. The number of hydrogen-bond acceptors (Lipinski definition) is 4. The van der Waals surface area contributed by atoms with E-state index in [-0.39, 0.29) is 17.9 Å². The fraction of sp³-hybridized carbons (Fsp3) is 0.167. The molecule has 1 aliphatic heterocycles. The van der Waals surface area contributed by atoms with E-state index in [4.69, 9.17) is 0 Å². The molecule has 4 rings (SSSR count). The van der Waals surface area contributed by atoms with E-state index in [0.717, 1.165) is 5.56 Å². The van der Waals surface area contributed by atoms with Crippen LogP contribution in [0.15, 0.2) is 71.3 Å². The molecule has 0 radical (unpaired) electrons. The lowest BCUT2D eigenvalue weighted by atomic mass is 9.86. The summed E-state index contributed by atoms with van der Waals surface area (Å²) in [4.78, 5) is 37.5. The van der Waals surface area contributed by atoms with Crippen molar-refractivity contribution < 1.29 is 14.0 Å². The van der Waals surface area contributed by atoms with Crippen LogP contribution in [0.5, 0.6) is 0 Å². The molecular weight excluding hydrogens is 411 g/mol. The third kappa shape index (κ3) is 4.20. The molecule has 0 bridgehead atoms. The second-order valence-corrected chi connectivity index (χ2v) is 7.64. The van der Waals surface area contributed by atoms with Gasteiger partial charge >= 0.3 is 0 Å². The molecule has 1 atom stereocenters. The van der Waals surface area contributed by atoms with Crippen molar-refractivity contribution in [1.29, 1.82) is 0 Å². The Labute approximate surface area is 183 Å². The minimum absolute atomic E-state index is 0.0365. The van der Waals surface area contributed by atoms with Crippen LogP contribution >= 0.6 is 0 Å². The molecule has 3 aromatic rings. The summed E-state index contributed by atoms with van der Waals surface area (Å²) >= 11 is 0. The number of amides is 2. The Morgan fingerprint density at radius 3 is 2.78 bits per heavy atom. The second-order valence-electron chi connectivity index (χ2n) is 7.64. The highest BCUT2D eigenvalue weighted by molar-refractivity contribution is 6.07. The second kappa shape index (κ2) is 8.58. The molecule has 1 aliphatic rings. The van der Waals surface area contributed by atoms with Gasteiger partial charge in [-0.05, 0) is 47.9 Å². The van der Waals surface area contributed by atoms with Crippen LogP contribution < -0.4 is 16.2 Å². The average Bonchev–Trinajstić information content (AvgIpc) is 2.77. The van der Waals surface area contributed by atoms with Crippen molar-refractivity contribution in [3.8, 4) is 11.1 Å². The lowest BCUT2D eigenvalue weighted by Crippen LogP contribution is -2.32. The topological polar surface area (TPSA) is 93.1 Å². The Morgan fingerprint density at radius 1 is 1.19 bits per heavy atom. The Kier molecular flexibility index (Phi) is 5.68. The van der Waals surface area contributed by atoms with E-state index in [0.29, 0.717) is 28.0 Å². The van der Waals surface area contributed by atoms with Crippen molar-refractivity contribution in [2.45, 2.75) is 19.3 Å². The third-order valence-electron chi connectivity index (χ3n) is 5.47. The van der Waals surface area contributed by atoms with Crippen molar-refractivity contribution >= 4 is 17.5 Å². The molecular formula is C24H21FN4O3. The third-order valence-corrected chi connectivity index (χ3v) is 5.47. The number of carbonyl (C=O) groups excluding carboxylic acids is 2. The lowest BCUT2D eigenvalue weighted by Gasteiger charge is -2.24. The van der Waals surface area contributed by atoms with Crippen molar-refractivity contribution in [3.05, 3.63) is 93.8 Å². The summed E-state index contributed by atoms with van der Waals surface area (Å²) in [6.07, 6.45) is 2.94.